The molecule has 4 rings (SSSR count). The van der Waals surface area contributed by atoms with Crippen molar-refractivity contribution >= 4 is 11.9 Å². The first-order valence-electron chi connectivity index (χ1n) is 14.7. The zero-order valence-corrected chi connectivity index (χ0v) is 25.7. The van der Waals surface area contributed by atoms with E-state index in [4.69, 9.17) is 4.74 Å². The molecule has 2 heterocycles. The predicted molar refractivity (Wildman–Crippen MR) is 162 cm³/mol. The molecule has 0 spiro atoms. The summed E-state index contributed by atoms with van der Waals surface area (Å²) in [5.74, 6) is 0.724. The molecule has 3 amide bonds. The fourth-order valence-corrected chi connectivity index (χ4v) is 6.76. The summed E-state index contributed by atoms with van der Waals surface area (Å²) in [4.78, 5) is 33.4. The number of amides is 3. The molecule has 9 heteroatoms. The van der Waals surface area contributed by atoms with E-state index in [0.717, 1.165) is 23.3 Å². The van der Waals surface area contributed by atoms with E-state index in [9.17, 15) is 22.8 Å². The number of carbonyl (C=O) groups excluding carboxylic acids is 2. The molecule has 0 bridgehead atoms. The Balaban J connectivity index is 1.75. The second kappa shape index (κ2) is 12.5. The third kappa shape index (κ3) is 6.04. The minimum atomic E-state index is -4.49. The number of alkyl halides is 3. The highest BCUT2D eigenvalue weighted by atomic mass is 19.4. The Morgan fingerprint density at radius 2 is 1.84 bits per heavy atom. The SMILES string of the molecule is C=CCC1(CC=C)C[C@H]2[C@H](c3ccc(OC)cc3C)N(C(=O)N(C)[C@H](C)c3cc(CC)cc(C(F)(F)F)c3)CCN2C1=O. The number of halogens is 3. The third-order valence-corrected chi connectivity index (χ3v) is 9.22. The van der Waals surface area contributed by atoms with Crippen LogP contribution in [-0.2, 0) is 17.4 Å². The Morgan fingerprint density at radius 1 is 1.16 bits per heavy atom. The Morgan fingerprint density at radius 3 is 2.40 bits per heavy atom. The fourth-order valence-electron chi connectivity index (χ4n) is 6.76. The van der Waals surface area contributed by atoms with Crippen LogP contribution >= 0.6 is 0 Å². The van der Waals surface area contributed by atoms with Gasteiger partial charge in [0, 0.05) is 20.1 Å². The summed E-state index contributed by atoms with van der Waals surface area (Å²) in [7, 11) is 3.22. The number of nitrogens with zero attached hydrogens (tertiary/aromatic N) is 3. The van der Waals surface area contributed by atoms with Crippen molar-refractivity contribution in [2.75, 3.05) is 27.2 Å². The van der Waals surface area contributed by atoms with Gasteiger partial charge in [0.15, 0.2) is 0 Å². The van der Waals surface area contributed by atoms with Crippen LogP contribution in [0.1, 0.15) is 73.0 Å². The van der Waals surface area contributed by atoms with Crippen LogP contribution in [-0.4, -0.2) is 59.9 Å². The second-order valence-electron chi connectivity index (χ2n) is 11.8. The summed E-state index contributed by atoms with van der Waals surface area (Å²) in [5.41, 5.74) is 1.40. The molecule has 3 atom stereocenters. The number of hydrogen-bond acceptors (Lipinski definition) is 3. The zero-order valence-electron chi connectivity index (χ0n) is 25.7. The number of rotatable bonds is 9. The van der Waals surface area contributed by atoms with Gasteiger partial charge >= 0.3 is 12.2 Å². The van der Waals surface area contributed by atoms with Crippen molar-refractivity contribution in [2.45, 2.75) is 70.8 Å². The number of hydrogen-bond donors (Lipinski definition) is 0. The van der Waals surface area contributed by atoms with Gasteiger partial charge < -0.3 is 19.4 Å². The van der Waals surface area contributed by atoms with Gasteiger partial charge in [-0.1, -0.05) is 31.2 Å². The highest BCUT2D eigenvalue weighted by Crippen LogP contribution is 2.50. The van der Waals surface area contributed by atoms with E-state index in [0.29, 0.717) is 49.1 Å². The lowest BCUT2D eigenvalue weighted by molar-refractivity contribution is -0.139. The smallest absolute Gasteiger partial charge is 0.416 e. The lowest BCUT2D eigenvalue weighted by atomic mass is 9.76. The molecule has 0 saturated carbocycles. The standard InChI is InChI=1S/C34H42F3N3O3/c1-8-13-33(14-9-2)21-29-30(28-12-11-27(43-7)17-22(28)4)40(16-15-39(29)31(33)41)32(42)38(6)23(5)25-18-24(10-3)19-26(20-25)34(35,36)37/h8-9,11-12,17-20,23,29-30H,1-2,10,13-16,21H2,3-7H3/t23-,29+,30+/m1/s1. The number of ether oxygens (including phenoxy) is 1. The van der Waals surface area contributed by atoms with Crippen LogP contribution in [0.25, 0.3) is 0 Å². The number of fused-ring (bicyclic) bond motifs is 1. The quantitative estimate of drug-likeness (QED) is 0.282. The van der Waals surface area contributed by atoms with Crippen LogP contribution in [0.15, 0.2) is 61.7 Å². The number of urea groups is 1. The number of aryl methyl sites for hydroxylation is 2. The van der Waals surface area contributed by atoms with Crippen molar-refractivity contribution in [1.29, 1.82) is 0 Å². The molecule has 0 aliphatic carbocycles. The highest BCUT2D eigenvalue weighted by Gasteiger charge is 2.56. The third-order valence-electron chi connectivity index (χ3n) is 9.22. The molecular formula is C34H42F3N3O3. The van der Waals surface area contributed by atoms with E-state index in [2.05, 4.69) is 13.2 Å². The van der Waals surface area contributed by atoms with Crippen LogP contribution < -0.4 is 4.74 Å². The molecule has 0 aromatic heterocycles. The maximum Gasteiger partial charge on any atom is 0.416 e. The normalized spacial score (nSPS) is 20.4. The molecule has 2 aromatic carbocycles. The number of carbonyl (C=O) groups is 2. The number of benzene rings is 2. The Bertz CT molecular complexity index is 1380. The topological polar surface area (TPSA) is 53.1 Å². The molecule has 2 aliphatic heterocycles. The summed E-state index contributed by atoms with van der Waals surface area (Å²) in [5, 5.41) is 0. The average molecular weight is 598 g/mol. The molecule has 2 saturated heterocycles. The number of piperazine rings is 1. The molecule has 0 N–H and O–H groups in total. The average Bonchev–Trinajstić information content (AvgIpc) is 3.25. The van der Waals surface area contributed by atoms with Crippen molar-refractivity contribution < 1.29 is 27.5 Å². The van der Waals surface area contributed by atoms with Crippen LogP contribution in [0.3, 0.4) is 0 Å². The van der Waals surface area contributed by atoms with Gasteiger partial charge in [0.05, 0.1) is 36.2 Å². The molecule has 232 valence electrons. The van der Waals surface area contributed by atoms with Gasteiger partial charge in [0.2, 0.25) is 5.91 Å². The van der Waals surface area contributed by atoms with E-state index < -0.39 is 29.2 Å². The van der Waals surface area contributed by atoms with Gasteiger partial charge in [-0.2, -0.15) is 13.2 Å². The van der Waals surface area contributed by atoms with Gasteiger partial charge in [-0.05, 0) is 86.1 Å². The molecule has 0 unspecified atom stereocenters. The summed E-state index contributed by atoms with van der Waals surface area (Å²) in [6.07, 6.45) is 1.01. The minimum Gasteiger partial charge on any atom is -0.497 e. The second-order valence-corrected chi connectivity index (χ2v) is 11.8. The Hall–Kier alpha value is -3.75. The van der Waals surface area contributed by atoms with Crippen molar-refractivity contribution in [2.24, 2.45) is 5.41 Å². The number of methoxy groups -OCH3 is 1. The first-order valence-corrected chi connectivity index (χ1v) is 14.7. The van der Waals surface area contributed by atoms with Crippen molar-refractivity contribution in [3.8, 4) is 5.75 Å². The molecular weight excluding hydrogens is 555 g/mol. The molecule has 0 radical (unpaired) electrons. The van der Waals surface area contributed by atoms with Crippen molar-refractivity contribution in [1.82, 2.24) is 14.7 Å². The van der Waals surface area contributed by atoms with E-state index in [1.54, 1.807) is 44.2 Å². The van der Waals surface area contributed by atoms with Crippen LogP contribution in [0, 0.1) is 12.3 Å². The van der Waals surface area contributed by atoms with Crippen molar-refractivity contribution in [3.05, 3.63) is 89.5 Å². The van der Waals surface area contributed by atoms with Crippen LogP contribution in [0.5, 0.6) is 5.75 Å². The molecule has 2 fully saturated rings. The summed E-state index contributed by atoms with van der Waals surface area (Å²) in [6, 6.07) is 8.05. The molecule has 6 nitrogen and oxygen atoms in total. The fraction of sp³-hybridized carbons (Fsp3) is 0.471. The Kier molecular flexibility index (Phi) is 9.33. The molecule has 2 aliphatic rings. The van der Waals surface area contributed by atoms with E-state index >= 15 is 0 Å². The predicted octanol–water partition coefficient (Wildman–Crippen LogP) is 7.49. The maximum absolute atomic E-state index is 14.3. The summed E-state index contributed by atoms with van der Waals surface area (Å²) < 4.78 is 46.6. The zero-order chi connectivity index (χ0) is 31.7. The Labute approximate surface area is 252 Å². The van der Waals surface area contributed by atoms with Gasteiger partial charge in [0.1, 0.15) is 5.75 Å². The monoisotopic (exact) mass is 597 g/mol. The van der Waals surface area contributed by atoms with Crippen LogP contribution in [0.2, 0.25) is 0 Å². The van der Waals surface area contributed by atoms with Gasteiger partial charge in [-0.15, -0.1) is 13.2 Å². The highest BCUT2D eigenvalue weighted by molar-refractivity contribution is 5.87. The lowest BCUT2D eigenvalue weighted by Gasteiger charge is -2.47. The van der Waals surface area contributed by atoms with E-state index in [-0.39, 0.29) is 24.5 Å². The molecule has 43 heavy (non-hydrogen) atoms. The van der Waals surface area contributed by atoms with Gasteiger partial charge in [-0.25, -0.2) is 4.79 Å². The molecule has 2 aromatic rings. The first-order chi connectivity index (χ1) is 20.3. The van der Waals surface area contributed by atoms with Gasteiger partial charge in [-0.3, -0.25) is 4.79 Å². The van der Waals surface area contributed by atoms with Crippen molar-refractivity contribution in [3.63, 3.8) is 0 Å². The van der Waals surface area contributed by atoms with E-state index in [1.165, 1.54) is 4.90 Å². The minimum absolute atomic E-state index is 0.0401. The van der Waals surface area contributed by atoms with Gasteiger partial charge in [0.25, 0.3) is 0 Å². The largest absolute Gasteiger partial charge is 0.497 e. The maximum atomic E-state index is 14.3. The van der Waals surface area contributed by atoms with E-state index in [1.807, 2.05) is 36.9 Å². The summed E-state index contributed by atoms with van der Waals surface area (Å²) >= 11 is 0. The lowest BCUT2D eigenvalue weighted by Crippen LogP contribution is -2.57. The number of allylic oxidation sites excluding steroid dienone is 2. The first kappa shape index (κ1) is 32.2. The summed E-state index contributed by atoms with van der Waals surface area (Å²) in [6.45, 7) is 14.0. The van der Waals surface area contributed by atoms with Crippen LogP contribution in [0.4, 0.5) is 18.0 Å².